The third-order valence-electron chi connectivity index (χ3n) is 3.85. The second-order valence-electron chi connectivity index (χ2n) is 5.61. The highest BCUT2D eigenvalue weighted by Crippen LogP contribution is 2.16. The lowest BCUT2D eigenvalue weighted by molar-refractivity contribution is 0.0950. The third kappa shape index (κ3) is 2.74. The van der Waals surface area contributed by atoms with E-state index in [2.05, 4.69) is 20.3 Å². The minimum Gasteiger partial charge on any atom is -0.346 e. The lowest BCUT2D eigenvalue weighted by Crippen LogP contribution is -2.29. The van der Waals surface area contributed by atoms with Crippen molar-refractivity contribution in [1.29, 1.82) is 0 Å². The van der Waals surface area contributed by atoms with Gasteiger partial charge in [-0.25, -0.2) is 4.98 Å². The van der Waals surface area contributed by atoms with Crippen LogP contribution in [-0.4, -0.2) is 25.3 Å². The van der Waals surface area contributed by atoms with Crippen molar-refractivity contribution in [2.24, 2.45) is 0 Å². The Morgan fingerprint density at radius 3 is 2.76 bits per heavy atom. The van der Waals surface area contributed by atoms with Gasteiger partial charge in [-0.1, -0.05) is 0 Å². The van der Waals surface area contributed by atoms with Gasteiger partial charge in [0.15, 0.2) is 4.96 Å². The van der Waals surface area contributed by atoms with Crippen LogP contribution in [0.4, 0.5) is 0 Å². The lowest BCUT2D eigenvalue weighted by atomic mass is 10.2. The first-order valence-corrected chi connectivity index (χ1v) is 8.36. The van der Waals surface area contributed by atoms with Gasteiger partial charge < -0.3 is 15.3 Å². The first-order valence-electron chi connectivity index (χ1n) is 7.48. The number of hydrogen-bond acceptors (Lipinski definition) is 5. The van der Waals surface area contributed by atoms with E-state index in [0.29, 0.717) is 23.1 Å². The van der Waals surface area contributed by atoms with E-state index < -0.39 is 11.1 Å². The molecule has 0 bridgehead atoms. The standard InChI is InChI=1S/C16H13N5O3S/c1-8-7-25-16-18-10(6-21(8)16)5-17-13(22)9-2-3-11-12(4-9)20-15(24)14(23)19-11/h2-4,6-7H,5H2,1H3,(H,17,22)(H,19,23)(H,20,24). The van der Waals surface area contributed by atoms with E-state index in [0.717, 1.165) is 16.3 Å². The molecular weight excluding hydrogens is 342 g/mol. The Hall–Kier alpha value is -3.20. The fraction of sp³-hybridized carbons (Fsp3) is 0.125. The topological polar surface area (TPSA) is 112 Å². The fourth-order valence-corrected chi connectivity index (χ4v) is 3.42. The van der Waals surface area contributed by atoms with Crippen LogP contribution in [0.25, 0.3) is 16.0 Å². The summed E-state index contributed by atoms with van der Waals surface area (Å²) in [6, 6.07) is 4.69. The first kappa shape index (κ1) is 15.3. The molecule has 0 saturated carbocycles. The van der Waals surface area contributed by atoms with Crippen LogP contribution in [0.1, 0.15) is 21.7 Å². The summed E-state index contributed by atoms with van der Waals surface area (Å²) in [5.74, 6) is -0.290. The van der Waals surface area contributed by atoms with Crippen molar-refractivity contribution in [2.45, 2.75) is 13.5 Å². The SMILES string of the molecule is Cc1csc2nc(CNC(=O)c3ccc4[nH]c(=O)c(=O)[nH]c4c3)cn12. The summed E-state index contributed by atoms with van der Waals surface area (Å²) in [5, 5.41) is 4.82. The van der Waals surface area contributed by atoms with E-state index in [1.54, 1.807) is 23.5 Å². The number of rotatable bonds is 3. The van der Waals surface area contributed by atoms with Crippen LogP contribution >= 0.6 is 11.3 Å². The van der Waals surface area contributed by atoms with Crippen LogP contribution < -0.4 is 16.4 Å². The van der Waals surface area contributed by atoms with Crippen LogP contribution in [0.3, 0.4) is 0 Å². The number of fused-ring (bicyclic) bond motifs is 2. The zero-order chi connectivity index (χ0) is 17.6. The summed E-state index contributed by atoms with van der Waals surface area (Å²) >= 11 is 1.55. The molecule has 0 atom stereocenters. The molecule has 126 valence electrons. The van der Waals surface area contributed by atoms with E-state index in [-0.39, 0.29) is 5.91 Å². The van der Waals surface area contributed by atoms with E-state index >= 15 is 0 Å². The van der Waals surface area contributed by atoms with Gasteiger partial charge in [0.05, 0.1) is 23.3 Å². The second kappa shape index (κ2) is 5.71. The molecule has 4 rings (SSSR count). The highest BCUT2D eigenvalue weighted by molar-refractivity contribution is 7.15. The molecule has 1 amide bonds. The number of H-pyrrole nitrogens is 2. The second-order valence-corrected chi connectivity index (χ2v) is 6.45. The van der Waals surface area contributed by atoms with Crippen LogP contribution in [-0.2, 0) is 6.54 Å². The summed E-state index contributed by atoms with van der Waals surface area (Å²) in [5.41, 5.74) is 1.63. The summed E-state index contributed by atoms with van der Waals surface area (Å²) in [4.78, 5) is 45.3. The van der Waals surface area contributed by atoms with Crippen molar-refractivity contribution >= 4 is 33.2 Å². The van der Waals surface area contributed by atoms with Gasteiger partial charge in [-0.2, -0.15) is 0 Å². The van der Waals surface area contributed by atoms with Gasteiger partial charge in [0.1, 0.15) is 0 Å². The molecule has 25 heavy (non-hydrogen) atoms. The number of carbonyl (C=O) groups is 1. The van der Waals surface area contributed by atoms with E-state index in [1.807, 2.05) is 22.9 Å². The normalized spacial score (nSPS) is 11.2. The number of benzene rings is 1. The zero-order valence-electron chi connectivity index (χ0n) is 13.1. The molecule has 0 fully saturated rings. The van der Waals surface area contributed by atoms with Crippen molar-refractivity contribution in [3.05, 3.63) is 67.4 Å². The molecule has 0 aliphatic carbocycles. The number of aromatic nitrogens is 4. The minimum absolute atomic E-state index is 0.290. The number of nitrogens with zero attached hydrogens (tertiary/aromatic N) is 2. The van der Waals surface area contributed by atoms with Crippen molar-refractivity contribution in [2.75, 3.05) is 0 Å². The van der Waals surface area contributed by atoms with Gasteiger partial charge in [0.25, 0.3) is 5.91 Å². The average molecular weight is 355 g/mol. The van der Waals surface area contributed by atoms with Gasteiger partial charge in [-0.15, -0.1) is 11.3 Å². The molecule has 0 aliphatic rings. The summed E-state index contributed by atoms with van der Waals surface area (Å²) in [7, 11) is 0. The Morgan fingerprint density at radius 2 is 2.00 bits per heavy atom. The Kier molecular flexibility index (Phi) is 3.50. The van der Waals surface area contributed by atoms with Crippen LogP contribution in [0.2, 0.25) is 0 Å². The van der Waals surface area contributed by atoms with Gasteiger partial charge in [0, 0.05) is 22.8 Å². The van der Waals surface area contributed by atoms with E-state index in [1.165, 1.54) is 6.07 Å². The van der Waals surface area contributed by atoms with Crippen molar-refractivity contribution in [3.63, 3.8) is 0 Å². The Morgan fingerprint density at radius 1 is 1.24 bits per heavy atom. The molecule has 3 aromatic heterocycles. The highest BCUT2D eigenvalue weighted by Gasteiger charge is 2.10. The molecule has 0 saturated heterocycles. The Labute approximate surface area is 144 Å². The third-order valence-corrected chi connectivity index (χ3v) is 4.81. The Bertz CT molecular complexity index is 1230. The molecular formula is C16H13N5O3S. The number of nitrogens with one attached hydrogen (secondary N) is 3. The van der Waals surface area contributed by atoms with Crippen LogP contribution in [0.15, 0.2) is 39.4 Å². The monoisotopic (exact) mass is 355 g/mol. The zero-order valence-corrected chi connectivity index (χ0v) is 13.9. The van der Waals surface area contributed by atoms with Crippen molar-refractivity contribution in [1.82, 2.24) is 24.7 Å². The maximum atomic E-state index is 12.3. The van der Waals surface area contributed by atoms with Crippen molar-refractivity contribution < 1.29 is 4.79 Å². The van der Waals surface area contributed by atoms with Gasteiger partial charge in [-0.3, -0.25) is 18.8 Å². The molecule has 0 aliphatic heterocycles. The van der Waals surface area contributed by atoms with Crippen LogP contribution in [0, 0.1) is 6.92 Å². The largest absolute Gasteiger partial charge is 0.346 e. The molecule has 4 aromatic rings. The predicted molar refractivity (Wildman–Crippen MR) is 94.2 cm³/mol. The lowest BCUT2D eigenvalue weighted by Gasteiger charge is -2.04. The number of aromatic amines is 2. The van der Waals surface area contributed by atoms with Gasteiger partial charge >= 0.3 is 11.1 Å². The van der Waals surface area contributed by atoms with Gasteiger partial charge in [0.2, 0.25) is 0 Å². The summed E-state index contributed by atoms with van der Waals surface area (Å²) < 4.78 is 1.98. The molecule has 1 aromatic carbocycles. The maximum absolute atomic E-state index is 12.3. The quantitative estimate of drug-likeness (QED) is 0.479. The fourth-order valence-electron chi connectivity index (χ4n) is 2.55. The smallest absolute Gasteiger partial charge is 0.314 e. The summed E-state index contributed by atoms with van der Waals surface area (Å²) in [6.07, 6.45) is 1.89. The average Bonchev–Trinajstić information content (AvgIpc) is 3.15. The number of carbonyl (C=O) groups excluding carboxylic acids is 1. The number of aryl methyl sites for hydroxylation is 1. The van der Waals surface area contributed by atoms with E-state index in [9.17, 15) is 14.4 Å². The maximum Gasteiger partial charge on any atom is 0.314 e. The Balaban J connectivity index is 1.55. The number of thiazole rings is 1. The molecule has 8 nitrogen and oxygen atoms in total. The van der Waals surface area contributed by atoms with Crippen LogP contribution in [0.5, 0.6) is 0 Å². The predicted octanol–water partition coefficient (Wildman–Crippen LogP) is 1.16. The minimum atomic E-state index is -0.751. The molecule has 3 heterocycles. The van der Waals surface area contributed by atoms with Gasteiger partial charge in [-0.05, 0) is 25.1 Å². The molecule has 0 spiro atoms. The molecule has 0 unspecified atom stereocenters. The molecule has 3 N–H and O–H groups in total. The number of amides is 1. The number of imidazole rings is 1. The first-order chi connectivity index (χ1) is 12.0. The number of hydrogen-bond donors (Lipinski definition) is 3. The van der Waals surface area contributed by atoms with Crippen molar-refractivity contribution in [3.8, 4) is 0 Å². The summed E-state index contributed by atoms with van der Waals surface area (Å²) in [6.45, 7) is 2.29. The van der Waals surface area contributed by atoms with E-state index in [4.69, 9.17) is 0 Å². The molecule has 9 heteroatoms. The molecule has 0 radical (unpaired) electrons. The highest BCUT2D eigenvalue weighted by atomic mass is 32.1.